The molecule has 2 aliphatic rings. The van der Waals surface area contributed by atoms with Gasteiger partial charge in [-0.15, -0.1) is 0 Å². The van der Waals surface area contributed by atoms with Gasteiger partial charge >= 0.3 is 12.2 Å². The lowest BCUT2D eigenvalue weighted by Gasteiger charge is -2.34. The van der Waals surface area contributed by atoms with Gasteiger partial charge in [-0.2, -0.15) is 18.4 Å². The third-order valence-corrected chi connectivity index (χ3v) is 7.02. The van der Waals surface area contributed by atoms with E-state index in [1.807, 2.05) is 6.07 Å². The fourth-order valence-electron chi connectivity index (χ4n) is 4.24. The first-order valence-electron chi connectivity index (χ1n) is 10.4. The average molecular weight is 504 g/mol. The molecule has 1 atom stereocenters. The normalized spacial score (nSPS) is 18.5. The summed E-state index contributed by atoms with van der Waals surface area (Å²) < 4.78 is 64.9. The largest absolute Gasteiger partial charge is 0.416 e. The van der Waals surface area contributed by atoms with Crippen LogP contribution in [0.3, 0.4) is 0 Å². The Hall–Kier alpha value is -3.85. The van der Waals surface area contributed by atoms with Crippen LogP contribution in [0.5, 0.6) is 0 Å². The number of nitrogens with one attached hydrogen (secondary N) is 1. The van der Waals surface area contributed by atoms with Gasteiger partial charge in [-0.25, -0.2) is 13.2 Å². The number of urea groups is 1. The number of benzene rings is 2. The van der Waals surface area contributed by atoms with Crippen LogP contribution in [0.2, 0.25) is 0 Å². The van der Waals surface area contributed by atoms with Crippen LogP contribution in [0.25, 0.3) is 0 Å². The van der Waals surface area contributed by atoms with Crippen molar-refractivity contribution in [2.45, 2.75) is 24.0 Å². The number of carbonyl (C=O) groups is 2. The van der Waals surface area contributed by atoms with Crippen LogP contribution in [0.1, 0.15) is 29.7 Å². The highest BCUT2D eigenvalue weighted by Gasteiger charge is 2.45. The molecule has 1 unspecified atom stereocenters. The second-order valence-corrected chi connectivity index (χ2v) is 10.1. The first kappa shape index (κ1) is 24.3. The van der Waals surface area contributed by atoms with Crippen molar-refractivity contribution in [1.29, 1.82) is 5.26 Å². The third-order valence-electron chi connectivity index (χ3n) is 5.87. The van der Waals surface area contributed by atoms with E-state index < -0.39 is 39.6 Å². The molecule has 2 aromatic rings. The standard InChI is InChI=1S/C23H19F3N4O4S/c1-3-29-12-17-19(21(29)31)20(16-8-7-13(11-27)9-18(16)35(2,33)34)28-22(32)30(17)15-6-4-5-14(10-15)23(24,25)26/h4-10,20H,3,12H2,1-2H3,(H,28,32). The van der Waals surface area contributed by atoms with E-state index in [2.05, 4.69) is 5.32 Å². The Balaban J connectivity index is 1.93. The van der Waals surface area contributed by atoms with Crippen LogP contribution < -0.4 is 10.2 Å². The Bertz CT molecular complexity index is 1430. The molecular formula is C23H19F3N4O4S. The van der Waals surface area contributed by atoms with E-state index >= 15 is 0 Å². The number of carbonyl (C=O) groups excluding carboxylic acids is 2. The number of nitriles is 1. The predicted octanol–water partition coefficient (Wildman–Crippen LogP) is 3.37. The monoisotopic (exact) mass is 504 g/mol. The highest BCUT2D eigenvalue weighted by Crippen LogP contribution is 2.41. The first-order valence-corrected chi connectivity index (χ1v) is 12.3. The van der Waals surface area contributed by atoms with Gasteiger partial charge in [0.15, 0.2) is 9.84 Å². The van der Waals surface area contributed by atoms with Crippen molar-refractivity contribution in [1.82, 2.24) is 10.2 Å². The first-order chi connectivity index (χ1) is 16.4. The molecule has 0 radical (unpaired) electrons. The van der Waals surface area contributed by atoms with E-state index in [9.17, 15) is 36.4 Å². The van der Waals surface area contributed by atoms with Crippen LogP contribution in [-0.2, 0) is 20.8 Å². The number of hydrogen-bond acceptors (Lipinski definition) is 5. The average Bonchev–Trinajstić information content (AvgIpc) is 3.13. The van der Waals surface area contributed by atoms with Gasteiger partial charge in [0.05, 0.1) is 51.6 Å². The number of amides is 3. The molecule has 35 heavy (non-hydrogen) atoms. The summed E-state index contributed by atoms with van der Waals surface area (Å²) in [7, 11) is -3.87. The van der Waals surface area contributed by atoms with E-state index in [0.29, 0.717) is 0 Å². The van der Waals surface area contributed by atoms with Crippen molar-refractivity contribution < 1.29 is 31.2 Å². The fourth-order valence-corrected chi connectivity index (χ4v) is 5.20. The number of nitrogens with zero attached hydrogens (tertiary/aromatic N) is 3. The zero-order chi connectivity index (χ0) is 25.7. The Kier molecular flexibility index (Phi) is 5.84. The van der Waals surface area contributed by atoms with Gasteiger partial charge in [0, 0.05) is 12.8 Å². The molecule has 0 saturated heterocycles. The Morgan fingerprint density at radius 1 is 1.17 bits per heavy atom. The van der Waals surface area contributed by atoms with Crippen LogP contribution in [0.15, 0.2) is 58.6 Å². The molecule has 2 aromatic carbocycles. The quantitative estimate of drug-likeness (QED) is 0.687. The maximum absolute atomic E-state index is 13.3. The molecule has 4 rings (SSSR count). The molecular weight excluding hydrogens is 485 g/mol. The molecule has 0 bridgehead atoms. The van der Waals surface area contributed by atoms with Gasteiger partial charge in [-0.05, 0) is 42.8 Å². The number of hydrogen-bond donors (Lipinski definition) is 1. The van der Waals surface area contributed by atoms with Crippen molar-refractivity contribution in [3.8, 4) is 6.07 Å². The summed E-state index contributed by atoms with van der Waals surface area (Å²) >= 11 is 0. The minimum atomic E-state index is -4.64. The summed E-state index contributed by atoms with van der Waals surface area (Å²) in [5, 5.41) is 11.8. The minimum Gasteiger partial charge on any atom is -0.333 e. The minimum absolute atomic E-state index is 0.0463. The highest BCUT2D eigenvalue weighted by atomic mass is 32.2. The molecule has 0 aromatic heterocycles. The number of rotatable bonds is 4. The molecule has 2 aliphatic heterocycles. The molecule has 0 aliphatic carbocycles. The number of anilines is 1. The van der Waals surface area contributed by atoms with Crippen molar-refractivity contribution in [3.05, 3.63) is 70.4 Å². The molecule has 12 heteroatoms. The lowest BCUT2D eigenvalue weighted by atomic mass is 9.94. The van der Waals surface area contributed by atoms with Gasteiger partial charge in [0.25, 0.3) is 5.91 Å². The summed E-state index contributed by atoms with van der Waals surface area (Å²) in [6.45, 7) is 1.92. The van der Waals surface area contributed by atoms with Gasteiger partial charge in [-0.3, -0.25) is 9.69 Å². The lowest BCUT2D eigenvalue weighted by molar-refractivity contribution is -0.137. The molecule has 3 amide bonds. The SMILES string of the molecule is CCN1CC2=C(C1=O)C(c1ccc(C#N)cc1S(C)(=O)=O)NC(=O)N2c1cccc(C(F)(F)F)c1. The molecule has 2 heterocycles. The van der Waals surface area contributed by atoms with Crippen LogP contribution in [0, 0.1) is 11.3 Å². The molecule has 182 valence electrons. The van der Waals surface area contributed by atoms with Crippen molar-refractivity contribution in [3.63, 3.8) is 0 Å². The second-order valence-electron chi connectivity index (χ2n) is 8.08. The summed E-state index contributed by atoms with van der Waals surface area (Å²) in [6, 6.07) is 7.91. The summed E-state index contributed by atoms with van der Waals surface area (Å²) in [5.41, 5.74) is -0.675. The van der Waals surface area contributed by atoms with Gasteiger partial charge in [-0.1, -0.05) is 12.1 Å². The molecule has 0 spiro atoms. The van der Waals surface area contributed by atoms with Crippen molar-refractivity contribution >= 4 is 27.5 Å². The maximum Gasteiger partial charge on any atom is 0.416 e. The van der Waals surface area contributed by atoms with E-state index in [1.54, 1.807) is 6.92 Å². The predicted molar refractivity (Wildman–Crippen MR) is 119 cm³/mol. The summed E-state index contributed by atoms with van der Waals surface area (Å²) in [4.78, 5) is 28.7. The second kappa shape index (κ2) is 8.42. The Labute approximate surface area is 199 Å². The zero-order valence-corrected chi connectivity index (χ0v) is 19.4. The van der Waals surface area contributed by atoms with Gasteiger partial charge < -0.3 is 10.2 Å². The van der Waals surface area contributed by atoms with Gasteiger partial charge in [0.1, 0.15) is 0 Å². The van der Waals surface area contributed by atoms with Crippen molar-refractivity contribution in [2.75, 3.05) is 24.2 Å². The van der Waals surface area contributed by atoms with Crippen LogP contribution in [-0.4, -0.2) is 44.6 Å². The fraction of sp³-hybridized carbons (Fsp3) is 0.261. The summed E-state index contributed by atoms with van der Waals surface area (Å²) in [5.74, 6) is -0.478. The number of likely N-dealkylation sites (N-methyl/N-ethyl adjacent to an activating group) is 1. The molecule has 0 fully saturated rings. The lowest BCUT2D eigenvalue weighted by Crippen LogP contribution is -2.47. The molecule has 1 N–H and O–H groups in total. The van der Waals surface area contributed by atoms with E-state index in [1.165, 1.54) is 23.1 Å². The number of sulfone groups is 1. The van der Waals surface area contributed by atoms with Gasteiger partial charge in [0.2, 0.25) is 0 Å². The maximum atomic E-state index is 13.3. The smallest absolute Gasteiger partial charge is 0.333 e. The Morgan fingerprint density at radius 2 is 1.89 bits per heavy atom. The Morgan fingerprint density at radius 3 is 2.49 bits per heavy atom. The summed E-state index contributed by atoms with van der Waals surface area (Å²) in [6.07, 6.45) is -3.70. The van der Waals surface area contributed by atoms with E-state index in [-0.39, 0.29) is 46.1 Å². The zero-order valence-electron chi connectivity index (χ0n) is 18.5. The van der Waals surface area contributed by atoms with Crippen molar-refractivity contribution in [2.24, 2.45) is 0 Å². The van der Waals surface area contributed by atoms with E-state index in [0.717, 1.165) is 35.4 Å². The number of halogens is 3. The van der Waals surface area contributed by atoms with Crippen LogP contribution >= 0.6 is 0 Å². The number of alkyl halides is 3. The topological polar surface area (TPSA) is 111 Å². The van der Waals surface area contributed by atoms with E-state index in [4.69, 9.17) is 0 Å². The molecule has 0 saturated carbocycles. The van der Waals surface area contributed by atoms with Crippen LogP contribution in [0.4, 0.5) is 23.7 Å². The third kappa shape index (κ3) is 4.23. The highest BCUT2D eigenvalue weighted by molar-refractivity contribution is 7.90. The molecule has 8 nitrogen and oxygen atoms in total.